The molecule has 1 N–H and O–H groups in total. The number of alkyl halides is 3. The van der Waals surface area contributed by atoms with Crippen molar-refractivity contribution in [2.24, 2.45) is 11.3 Å². The Balaban J connectivity index is 0.000000479. The number of carboxylic acids is 1. The molecule has 1 aromatic rings. The highest BCUT2D eigenvalue weighted by Crippen LogP contribution is 2.45. The minimum Gasteiger partial charge on any atom is -0.475 e. The summed E-state index contributed by atoms with van der Waals surface area (Å²) in [5.74, 6) is -2.65. The van der Waals surface area contributed by atoms with E-state index in [0.29, 0.717) is 32.0 Å². The summed E-state index contributed by atoms with van der Waals surface area (Å²) in [4.78, 5) is 42.4. The summed E-state index contributed by atoms with van der Waals surface area (Å²) in [6.07, 6.45) is -1.68. The van der Waals surface area contributed by atoms with Gasteiger partial charge in [-0.15, -0.1) is 0 Å². The third-order valence-corrected chi connectivity index (χ3v) is 6.14. The Labute approximate surface area is 190 Å². The van der Waals surface area contributed by atoms with Crippen LogP contribution in [0.3, 0.4) is 0 Å². The van der Waals surface area contributed by atoms with Crippen molar-refractivity contribution in [1.82, 2.24) is 14.8 Å². The van der Waals surface area contributed by atoms with Gasteiger partial charge in [0.15, 0.2) is 0 Å². The number of ether oxygens (including phenoxy) is 1. The Bertz CT molecular complexity index is 837. The van der Waals surface area contributed by atoms with Gasteiger partial charge >= 0.3 is 12.1 Å². The zero-order chi connectivity index (χ0) is 24.8. The molecule has 1 aromatic heterocycles. The maximum absolute atomic E-state index is 12.7. The fraction of sp³-hybridized carbons (Fsp3) is 0.636. The largest absolute Gasteiger partial charge is 0.490 e. The number of carbonyl (C=O) groups excluding carboxylic acids is 2. The average Bonchev–Trinajstić information content (AvgIpc) is 3.03. The Morgan fingerprint density at radius 2 is 1.85 bits per heavy atom. The number of carboxylic acid groups (broad SMARTS) is 1. The van der Waals surface area contributed by atoms with Crippen molar-refractivity contribution in [2.45, 2.75) is 39.8 Å². The molecule has 11 heteroatoms. The van der Waals surface area contributed by atoms with Crippen LogP contribution in [-0.2, 0) is 14.3 Å². The molecular formula is C22H30F3N3O5. The van der Waals surface area contributed by atoms with E-state index in [1.54, 1.807) is 12.3 Å². The maximum Gasteiger partial charge on any atom is 0.490 e. The van der Waals surface area contributed by atoms with E-state index in [1.165, 1.54) is 0 Å². The Morgan fingerprint density at radius 3 is 2.30 bits per heavy atom. The first-order valence-corrected chi connectivity index (χ1v) is 10.8. The molecule has 0 saturated carbocycles. The lowest BCUT2D eigenvalue weighted by atomic mass is 9.71. The van der Waals surface area contributed by atoms with Crippen LogP contribution in [-0.4, -0.2) is 83.2 Å². The summed E-state index contributed by atoms with van der Waals surface area (Å²) >= 11 is 0. The van der Waals surface area contributed by atoms with Gasteiger partial charge in [-0.1, -0.05) is 6.07 Å². The summed E-state index contributed by atoms with van der Waals surface area (Å²) in [6, 6.07) is 3.70. The predicted octanol–water partition coefficient (Wildman–Crippen LogP) is 2.76. The van der Waals surface area contributed by atoms with Gasteiger partial charge in [0.2, 0.25) is 5.91 Å². The second-order valence-electron chi connectivity index (χ2n) is 8.24. The molecule has 3 heterocycles. The number of aryl methyl sites for hydroxylation is 1. The highest BCUT2D eigenvalue weighted by atomic mass is 19.4. The molecule has 0 bridgehead atoms. The minimum atomic E-state index is -5.08. The first-order chi connectivity index (χ1) is 15.4. The lowest BCUT2D eigenvalue weighted by Gasteiger charge is -2.41. The molecule has 2 fully saturated rings. The summed E-state index contributed by atoms with van der Waals surface area (Å²) in [6.45, 7) is 9.90. The molecule has 33 heavy (non-hydrogen) atoms. The molecular weight excluding hydrogens is 443 g/mol. The first kappa shape index (κ1) is 26.6. The van der Waals surface area contributed by atoms with Crippen molar-refractivity contribution in [3.05, 3.63) is 29.6 Å². The van der Waals surface area contributed by atoms with Gasteiger partial charge in [0.25, 0.3) is 5.91 Å². The maximum atomic E-state index is 12.7. The SMILES string of the molecule is CCOCC1C(=O)N(CC)CC12CCN(C(=O)c1ccc(C)cn1)CC2.O=C(O)C(F)(F)F. The number of aromatic nitrogens is 1. The van der Waals surface area contributed by atoms with Crippen LogP contribution >= 0.6 is 0 Å². The second-order valence-corrected chi connectivity index (χ2v) is 8.24. The Hall–Kier alpha value is -2.69. The number of hydrogen-bond acceptors (Lipinski definition) is 5. The molecule has 3 rings (SSSR count). The molecule has 1 atom stereocenters. The lowest BCUT2D eigenvalue weighted by molar-refractivity contribution is -0.192. The van der Waals surface area contributed by atoms with E-state index in [0.717, 1.165) is 31.5 Å². The van der Waals surface area contributed by atoms with Gasteiger partial charge in [0.1, 0.15) is 5.69 Å². The van der Waals surface area contributed by atoms with Gasteiger partial charge in [0.05, 0.1) is 12.5 Å². The van der Waals surface area contributed by atoms with Crippen molar-refractivity contribution in [2.75, 3.05) is 39.4 Å². The molecule has 0 aliphatic carbocycles. The van der Waals surface area contributed by atoms with E-state index < -0.39 is 12.1 Å². The highest BCUT2D eigenvalue weighted by molar-refractivity contribution is 5.92. The van der Waals surface area contributed by atoms with Crippen LogP contribution in [0.2, 0.25) is 0 Å². The van der Waals surface area contributed by atoms with Crippen molar-refractivity contribution in [3.8, 4) is 0 Å². The average molecular weight is 473 g/mol. The highest BCUT2D eigenvalue weighted by Gasteiger charge is 2.53. The van der Waals surface area contributed by atoms with Gasteiger partial charge in [-0.3, -0.25) is 14.6 Å². The van der Waals surface area contributed by atoms with E-state index in [2.05, 4.69) is 4.98 Å². The standard InChI is InChI=1S/C20H29N3O3.C2HF3O2/c1-4-22-14-20(16(18(22)24)13-26-5-2)8-10-23(11-9-20)19(25)17-7-6-15(3)12-21-17;3-2(4,5)1(6)7/h6-7,12,16H,4-5,8-11,13-14H2,1-3H3;(H,6,7). The molecule has 2 saturated heterocycles. The topological polar surface area (TPSA) is 100 Å². The fourth-order valence-electron chi connectivity index (χ4n) is 4.22. The second kappa shape index (κ2) is 11.0. The van der Waals surface area contributed by atoms with Crippen molar-refractivity contribution >= 4 is 17.8 Å². The smallest absolute Gasteiger partial charge is 0.475 e. The normalized spacial score (nSPS) is 19.9. The van der Waals surface area contributed by atoms with Crippen LogP contribution in [0.1, 0.15) is 42.7 Å². The van der Waals surface area contributed by atoms with E-state index in [-0.39, 0.29) is 23.1 Å². The van der Waals surface area contributed by atoms with Crippen LogP contribution in [0.5, 0.6) is 0 Å². The molecule has 0 radical (unpaired) electrons. The van der Waals surface area contributed by atoms with E-state index >= 15 is 0 Å². The number of pyridine rings is 1. The van der Waals surface area contributed by atoms with Crippen molar-refractivity contribution in [3.63, 3.8) is 0 Å². The van der Waals surface area contributed by atoms with Crippen LogP contribution in [0.4, 0.5) is 13.2 Å². The Morgan fingerprint density at radius 1 is 1.24 bits per heavy atom. The van der Waals surface area contributed by atoms with E-state index in [9.17, 15) is 22.8 Å². The third-order valence-electron chi connectivity index (χ3n) is 6.14. The van der Waals surface area contributed by atoms with Gasteiger partial charge in [-0.2, -0.15) is 13.2 Å². The van der Waals surface area contributed by atoms with Crippen molar-refractivity contribution < 1.29 is 37.4 Å². The molecule has 2 aliphatic heterocycles. The molecule has 2 amide bonds. The number of likely N-dealkylation sites (tertiary alicyclic amines) is 2. The predicted molar refractivity (Wildman–Crippen MR) is 112 cm³/mol. The van der Waals surface area contributed by atoms with E-state index in [4.69, 9.17) is 14.6 Å². The molecule has 184 valence electrons. The number of nitrogens with zero attached hydrogens (tertiary/aromatic N) is 3. The van der Waals surface area contributed by atoms with E-state index in [1.807, 2.05) is 36.6 Å². The molecule has 8 nitrogen and oxygen atoms in total. The Kier molecular flexibility index (Phi) is 8.82. The zero-order valence-electron chi connectivity index (χ0n) is 19.0. The minimum absolute atomic E-state index is 0.0159. The van der Waals surface area contributed by atoms with Crippen LogP contribution in [0, 0.1) is 18.3 Å². The van der Waals surface area contributed by atoms with Crippen LogP contribution in [0.25, 0.3) is 0 Å². The quantitative estimate of drug-likeness (QED) is 0.706. The van der Waals surface area contributed by atoms with Gasteiger partial charge < -0.3 is 19.6 Å². The number of aliphatic carboxylic acids is 1. The first-order valence-electron chi connectivity index (χ1n) is 10.8. The summed E-state index contributed by atoms with van der Waals surface area (Å²) in [7, 11) is 0. The number of rotatable bonds is 5. The fourth-order valence-corrected chi connectivity index (χ4v) is 4.22. The number of carbonyl (C=O) groups is 3. The number of halogens is 3. The number of hydrogen-bond donors (Lipinski definition) is 1. The molecule has 1 spiro atoms. The zero-order valence-corrected chi connectivity index (χ0v) is 19.0. The number of amides is 2. The van der Waals surface area contributed by atoms with Crippen molar-refractivity contribution in [1.29, 1.82) is 0 Å². The molecule has 0 aromatic carbocycles. The monoisotopic (exact) mass is 473 g/mol. The summed E-state index contributed by atoms with van der Waals surface area (Å²) in [5.41, 5.74) is 1.47. The van der Waals surface area contributed by atoms with Gasteiger partial charge in [-0.05, 0) is 45.2 Å². The van der Waals surface area contributed by atoms with Gasteiger partial charge in [0, 0.05) is 44.4 Å². The molecule has 1 unspecified atom stereocenters. The lowest BCUT2D eigenvalue weighted by Crippen LogP contribution is -2.47. The third kappa shape index (κ3) is 6.43. The van der Waals surface area contributed by atoms with Crippen LogP contribution < -0.4 is 0 Å². The summed E-state index contributed by atoms with van der Waals surface area (Å²) < 4.78 is 37.4. The number of piperidine rings is 1. The van der Waals surface area contributed by atoms with Crippen LogP contribution in [0.15, 0.2) is 18.3 Å². The van der Waals surface area contributed by atoms with Gasteiger partial charge in [-0.25, -0.2) is 4.79 Å². The summed E-state index contributed by atoms with van der Waals surface area (Å²) in [5, 5.41) is 7.12. The molecule has 2 aliphatic rings.